The molecule has 0 radical (unpaired) electrons. The lowest BCUT2D eigenvalue weighted by molar-refractivity contribution is -0.123. The molecule has 1 fully saturated rings. The quantitative estimate of drug-likeness (QED) is 0.786. The Labute approximate surface area is 126 Å². The number of rotatable bonds is 7. The summed E-state index contributed by atoms with van der Waals surface area (Å²) in [5.41, 5.74) is 6.58. The molecule has 0 aliphatic carbocycles. The molecule has 0 aromatic heterocycles. The molecule has 5 nitrogen and oxygen atoms in total. The van der Waals surface area contributed by atoms with Crippen molar-refractivity contribution < 1.29 is 9.53 Å². The predicted octanol–water partition coefficient (Wildman–Crippen LogP) is 0.982. The second-order valence-electron chi connectivity index (χ2n) is 5.49. The van der Waals surface area contributed by atoms with Gasteiger partial charge in [0.2, 0.25) is 0 Å². The summed E-state index contributed by atoms with van der Waals surface area (Å²) in [7, 11) is 0. The summed E-state index contributed by atoms with van der Waals surface area (Å²) in [4.78, 5) is 14.2. The molecular weight excluding hydrogens is 266 g/mol. The number of hydrogen-bond donors (Lipinski definition) is 2. The predicted molar refractivity (Wildman–Crippen MR) is 83.1 cm³/mol. The molecule has 0 saturated carbocycles. The van der Waals surface area contributed by atoms with E-state index in [4.69, 9.17) is 10.5 Å². The highest BCUT2D eigenvalue weighted by Crippen LogP contribution is 2.14. The minimum atomic E-state index is -0.0622. The maximum absolute atomic E-state index is 11.8. The normalized spacial score (nSPS) is 18.7. The van der Waals surface area contributed by atoms with E-state index in [1.807, 2.05) is 24.3 Å². The average molecular weight is 291 g/mol. The molecule has 1 aromatic rings. The van der Waals surface area contributed by atoms with Crippen molar-refractivity contribution in [1.82, 2.24) is 10.2 Å². The van der Waals surface area contributed by atoms with Crippen LogP contribution in [-0.4, -0.2) is 43.6 Å². The minimum Gasteiger partial charge on any atom is -0.484 e. The Morgan fingerprint density at radius 3 is 2.81 bits per heavy atom. The molecule has 1 aliphatic heterocycles. The molecule has 0 bridgehead atoms. The Morgan fingerprint density at radius 2 is 2.19 bits per heavy atom. The van der Waals surface area contributed by atoms with Gasteiger partial charge in [-0.1, -0.05) is 19.1 Å². The second kappa shape index (κ2) is 8.00. The van der Waals surface area contributed by atoms with Gasteiger partial charge in [-0.3, -0.25) is 4.79 Å². The van der Waals surface area contributed by atoms with Crippen LogP contribution in [0.5, 0.6) is 5.75 Å². The van der Waals surface area contributed by atoms with Crippen LogP contribution in [0.1, 0.15) is 18.9 Å². The second-order valence-corrected chi connectivity index (χ2v) is 5.49. The van der Waals surface area contributed by atoms with Crippen molar-refractivity contribution in [3.63, 3.8) is 0 Å². The van der Waals surface area contributed by atoms with Crippen LogP contribution in [0.4, 0.5) is 0 Å². The van der Waals surface area contributed by atoms with E-state index >= 15 is 0 Å². The number of ether oxygens (including phenoxy) is 1. The molecule has 2 rings (SSSR count). The number of nitrogens with one attached hydrogen (secondary N) is 1. The molecule has 1 saturated heterocycles. The van der Waals surface area contributed by atoms with Gasteiger partial charge in [0.15, 0.2) is 6.61 Å². The van der Waals surface area contributed by atoms with Gasteiger partial charge in [0.1, 0.15) is 5.75 Å². The molecule has 5 heteroatoms. The fraction of sp³-hybridized carbons (Fsp3) is 0.562. The minimum absolute atomic E-state index is 0.0617. The van der Waals surface area contributed by atoms with Crippen molar-refractivity contribution in [2.75, 3.05) is 32.8 Å². The maximum atomic E-state index is 11.8. The van der Waals surface area contributed by atoms with Crippen molar-refractivity contribution in [2.24, 2.45) is 11.7 Å². The molecule has 1 aromatic carbocycles. The zero-order chi connectivity index (χ0) is 15.1. The summed E-state index contributed by atoms with van der Waals surface area (Å²) in [5, 5.41) is 2.95. The number of benzene rings is 1. The van der Waals surface area contributed by atoms with Gasteiger partial charge in [0, 0.05) is 19.6 Å². The summed E-state index contributed by atoms with van der Waals surface area (Å²) in [5.74, 6) is 1.20. The summed E-state index contributed by atoms with van der Waals surface area (Å²) >= 11 is 0. The van der Waals surface area contributed by atoms with Crippen LogP contribution < -0.4 is 15.8 Å². The topological polar surface area (TPSA) is 67.6 Å². The third kappa shape index (κ3) is 5.02. The monoisotopic (exact) mass is 291 g/mol. The van der Waals surface area contributed by atoms with Crippen LogP contribution in [0.3, 0.4) is 0 Å². The molecule has 0 spiro atoms. The van der Waals surface area contributed by atoms with E-state index in [0.717, 1.165) is 38.2 Å². The molecule has 21 heavy (non-hydrogen) atoms. The molecule has 1 atom stereocenters. The van der Waals surface area contributed by atoms with Crippen LogP contribution in [0.15, 0.2) is 24.3 Å². The molecule has 1 aliphatic rings. The van der Waals surface area contributed by atoms with E-state index in [1.54, 1.807) is 0 Å². The van der Waals surface area contributed by atoms with Crippen molar-refractivity contribution in [1.29, 1.82) is 0 Å². The molecule has 116 valence electrons. The van der Waals surface area contributed by atoms with E-state index in [0.29, 0.717) is 18.2 Å². The van der Waals surface area contributed by atoms with E-state index < -0.39 is 0 Å². The molecular formula is C16H25N3O2. The summed E-state index contributed by atoms with van der Waals surface area (Å²) < 4.78 is 5.46. The summed E-state index contributed by atoms with van der Waals surface area (Å²) in [6, 6.07) is 7.49. The van der Waals surface area contributed by atoms with Gasteiger partial charge in [-0.2, -0.15) is 0 Å². The van der Waals surface area contributed by atoms with E-state index in [2.05, 4.69) is 17.1 Å². The Hall–Kier alpha value is -1.59. The Morgan fingerprint density at radius 1 is 1.43 bits per heavy atom. The first kappa shape index (κ1) is 15.8. The first-order valence-corrected chi connectivity index (χ1v) is 7.62. The van der Waals surface area contributed by atoms with Crippen molar-refractivity contribution in [3.8, 4) is 5.75 Å². The average Bonchev–Trinajstić information content (AvgIpc) is 2.99. The third-order valence-corrected chi connectivity index (χ3v) is 3.93. The first-order valence-electron chi connectivity index (χ1n) is 7.62. The summed E-state index contributed by atoms with van der Waals surface area (Å²) in [6.07, 6.45) is 1.16. The first-order chi connectivity index (χ1) is 10.2. The Bertz CT molecular complexity index is 447. The maximum Gasteiger partial charge on any atom is 0.257 e. The zero-order valence-electron chi connectivity index (χ0n) is 12.7. The number of hydrogen-bond acceptors (Lipinski definition) is 4. The van der Waals surface area contributed by atoms with Gasteiger partial charge in [0.05, 0.1) is 0 Å². The van der Waals surface area contributed by atoms with Gasteiger partial charge in [-0.15, -0.1) is 0 Å². The van der Waals surface area contributed by atoms with Crippen LogP contribution in [0.2, 0.25) is 0 Å². The van der Waals surface area contributed by atoms with Crippen molar-refractivity contribution in [3.05, 3.63) is 29.8 Å². The molecule has 1 amide bonds. The van der Waals surface area contributed by atoms with Crippen molar-refractivity contribution in [2.45, 2.75) is 19.9 Å². The Kier molecular flexibility index (Phi) is 6.02. The number of nitrogens with two attached hydrogens (primary N) is 1. The highest BCUT2D eigenvalue weighted by Gasteiger charge is 2.21. The highest BCUT2D eigenvalue weighted by molar-refractivity contribution is 5.77. The zero-order valence-corrected chi connectivity index (χ0v) is 12.7. The van der Waals surface area contributed by atoms with Crippen LogP contribution in [0, 0.1) is 5.92 Å². The van der Waals surface area contributed by atoms with Gasteiger partial charge in [0.25, 0.3) is 5.91 Å². The van der Waals surface area contributed by atoms with E-state index in [1.165, 1.54) is 0 Å². The van der Waals surface area contributed by atoms with Crippen LogP contribution in [-0.2, 0) is 11.3 Å². The number of carbonyl (C=O) groups excluding carboxylic acids is 1. The highest BCUT2D eigenvalue weighted by atomic mass is 16.5. The van der Waals surface area contributed by atoms with Gasteiger partial charge < -0.3 is 20.7 Å². The van der Waals surface area contributed by atoms with Gasteiger partial charge in [-0.25, -0.2) is 0 Å². The number of likely N-dealkylation sites (tertiary alicyclic amines) is 1. The lowest BCUT2D eigenvalue weighted by Crippen LogP contribution is -2.34. The summed E-state index contributed by atoms with van der Waals surface area (Å²) in [6.45, 7) is 6.80. The number of amides is 1. The molecule has 1 unspecified atom stereocenters. The van der Waals surface area contributed by atoms with Crippen LogP contribution >= 0.6 is 0 Å². The SMILES string of the molecule is CCN1CCC(CNC(=O)COc2ccc(CN)cc2)C1. The van der Waals surface area contributed by atoms with E-state index in [9.17, 15) is 4.79 Å². The fourth-order valence-electron chi connectivity index (χ4n) is 2.55. The lowest BCUT2D eigenvalue weighted by Gasteiger charge is -2.14. The third-order valence-electron chi connectivity index (χ3n) is 3.93. The van der Waals surface area contributed by atoms with Gasteiger partial charge in [-0.05, 0) is 43.1 Å². The van der Waals surface area contributed by atoms with Gasteiger partial charge >= 0.3 is 0 Å². The largest absolute Gasteiger partial charge is 0.484 e. The standard InChI is InChI=1S/C16H25N3O2/c1-2-19-8-7-14(11-19)10-18-16(20)12-21-15-5-3-13(9-17)4-6-15/h3-6,14H,2,7-12,17H2,1H3,(H,18,20). The molecule has 1 heterocycles. The lowest BCUT2D eigenvalue weighted by atomic mass is 10.1. The fourth-order valence-corrected chi connectivity index (χ4v) is 2.55. The smallest absolute Gasteiger partial charge is 0.257 e. The Balaban J connectivity index is 1.65. The molecule has 3 N–H and O–H groups in total. The number of nitrogens with zero attached hydrogens (tertiary/aromatic N) is 1. The number of carbonyl (C=O) groups is 1. The van der Waals surface area contributed by atoms with Crippen molar-refractivity contribution >= 4 is 5.91 Å². The van der Waals surface area contributed by atoms with E-state index in [-0.39, 0.29) is 12.5 Å². The van der Waals surface area contributed by atoms with Crippen LogP contribution in [0.25, 0.3) is 0 Å².